The Morgan fingerprint density at radius 2 is 2.37 bits per heavy atom. The molecule has 2 rings (SSSR count). The Morgan fingerprint density at radius 1 is 1.58 bits per heavy atom. The van der Waals surface area contributed by atoms with Crippen LogP contribution >= 0.6 is 11.6 Å². The molecule has 1 fully saturated rings. The van der Waals surface area contributed by atoms with Crippen LogP contribution in [0, 0.1) is 16.0 Å². The molecule has 0 spiro atoms. The van der Waals surface area contributed by atoms with Gasteiger partial charge in [0.1, 0.15) is 5.69 Å². The molecule has 19 heavy (non-hydrogen) atoms. The van der Waals surface area contributed by atoms with Crippen molar-refractivity contribution in [1.82, 2.24) is 5.32 Å². The van der Waals surface area contributed by atoms with Gasteiger partial charge in [-0.3, -0.25) is 10.1 Å². The van der Waals surface area contributed by atoms with E-state index in [1.54, 1.807) is 12.1 Å². The number of nitro groups is 1. The predicted octanol–water partition coefficient (Wildman–Crippen LogP) is 2.68. The second-order valence-corrected chi connectivity index (χ2v) is 5.36. The van der Waals surface area contributed by atoms with E-state index < -0.39 is 0 Å². The minimum absolute atomic E-state index is 0.0683. The van der Waals surface area contributed by atoms with Crippen LogP contribution in [0.5, 0.6) is 0 Å². The highest BCUT2D eigenvalue weighted by Crippen LogP contribution is 2.35. The topological polar surface area (TPSA) is 58.4 Å². The van der Waals surface area contributed by atoms with Crippen molar-refractivity contribution < 1.29 is 4.92 Å². The quantitative estimate of drug-likeness (QED) is 0.682. The highest BCUT2D eigenvalue weighted by molar-refractivity contribution is 6.33. The number of piperidine rings is 1. The summed E-state index contributed by atoms with van der Waals surface area (Å²) in [6.45, 7) is 2.80. The number of nitrogens with zero attached hydrogens (tertiary/aromatic N) is 2. The maximum atomic E-state index is 11.1. The smallest absolute Gasteiger partial charge is 0.294 e. The molecule has 1 unspecified atom stereocenters. The van der Waals surface area contributed by atoms with Crippen LogP contribution in [0.15, 0.2) is 18.2 Å². The summed E-state index contributed by atoms with van der Waals surface area (Å²) in [5, 5.41) is 14.9. The molecule has 0 bridgehead atoms. The molecule has 1 saturated heterocycles. The zero-order valence-corrected chi connectivity index (χ0v) is 11.7. The highest BCUT2D eigenvalue weighted by Gasteiger charge is 2.23. The fraction of sp³-hybridized carbons (Fsp3) is 0.538. The average molecular weight is 284 g/mol. The van der Waals surface area contributed by atoms with Crippen molar-refractivity contribution in [3.8, 4) is 0 Å². The standard InChI is InChI=1S/C13H18ClN3O2/c1-16(9-10-4-3-7-15-8-10)13-11(14)5-2-6-12(13)17(18)19/h2,5-6,10,15H,3-4,7-9H2,1H3. The van der Waals surface area contributed by atoms with Gasteiger partial charge in [0, 0.05) is 19.7 Å². The van der Waals surface area contributed by atoms with Gasteiger partial charge in [0.25, 0.3) is 5.69 Å². The molecule has 1 aromatic rings. The van der Waals surface area contributed by atoms with Gasteiger partial charge in [0.05, 0.1) is 9.95 Å². The van der Waals surface area contributed by atoms with Gasteiger partial charge < -0.3 is 10.2 Å². The number of nitrogens with one attached hydrogen (secondary N) is 1. The number of anilines is 1. The second-order valence-electron chi connectivity index (χ2n) is 4.96. The molecule has 1 N–H and O–H groups in total. The van der Waals surface area contributed by atoms with Crippen LogP contribution in [0.25, 0.3) is 0 Å². The minimum atomic E-state index is -0.378. The lowest BCUT2D eigenvalue weighted by molar-refractivity contribution is -0.384. The Bertz CT molecular complexity index is 461. The van der Waals surface area contributed by atoms with E-state index in [0.717, 1.165) is 32.5 Å². The van der Waals surface area contributed by atoms with Crippen molar-refractivity contribution >= 4 is 23.0 Å². The van der Waals surface area contributed by atoms with Crippen molar-refractivity contribution in [2.75, 3.05) is 31.6 Å². The zero-order valence-electron chi connectivity index (χ0n) is 10.9. The van der Waals surface area contributed by atoms with Crippen LogP contribution < -0.4 is 10.2 Å². The molecule has 0 aromatic heterocycles. The van der Waals surface area contributed by atoms with Crippen molar-refractivity contribution in [2.24, 2.45) is 5.92 Å². The minimum Gasteiger partial charge on any atom is -0.368 e. The summed E-state index contributed by atoms with van der Waals surface area (Å²) in [7, 11) is 1.86. The number of rotatable bonds is 4. The predicted molar refractivity (Wildman–Crippen MR) is 77.0 cm³/mol. The van der Waals surface area contributed by atoms with Gasteiger partial charge in [-0.15, -0.1) is 0 Å². The normalized spacial score (nSPS) is 19.2. The summed E-state index contributed by atoms with van der Waals surface area (Å²) in [6, 6.07) is 4.80. The van der Waals surface area contributed by atoms with E-state index in [2.05, 4.69) is 5.32 Å². The van der Waals surface area contributed by atoms with E-state index in [-0.39, 0.29) is 10.6 Å². The van der Waals surface area contributed by atoms with E-state index in [4.69, 9.17) is 11.6 Å². The van der Waals surface area contributed by atoms with Gasteiger partial charge in [0.2, 0.25) is 0 Å². The summed E-state index contributed by atoms with van der Waals surface area (Å²) >= 11 is 6.12. The molecule has 0 radical (unpaired) electrons. The Morgan fingerprint density at radius 3 is 3.00 bits per heavy atom. The Hall–Kier alpha value is -1.33. The first kappa shape index (κ1) is 14.1. The third-order valence-corrected chi connectivity index (χ3v) is 3.78. The summed E-state index contributed by atoms with van der Waals surface area (Å²) in [6.07, 6.45) is 2.30. The summed E-state index contributed by atoms with van der Waals surface area (Å²) < 4.78 is 0. The molecule has 0 amide bonds. The number of hydrogen-bond acceptors (Lipinski definition) is 4. The van der Waals surface area contributed by atoms with Gasteiger partial charge >= 0.3 is 0 Å². The van der Waals surface area contributed by atoms with Gasteiger partial charge in [-0.1, -0.05) is 17.7 Å². The number of benzene rings is 1. The second kappa shape index (κ2) is 6.21. The molecule has 5 nitrogen and oxygen atoms in total. The van der Waals surface area contributed by atoms with Crippen LogP contribution in [0.3, 0.4) is 0 Å². The molecule has 1 atom stereocenters. The van der Waals surface area contributed by atoms with Crippen molar-refractivity contribution in [1.29, 1.82) is 0 Å². The third-order valence-electron chi connectivity index (χ3n) is 3.47. The van der Waals surface area contributed by atoms with Crippen molar-refractivity contribution in [3.05, 3.63) is 33.3 Å². The van der Waals surface area contributed by atoms with E-state index in [1.165, 1.54) is 6.07 Å². The average Bonchev–Trinajstić information content (AvgIpc) is 2.39. The summed E-state index contributed by atoms with van der Waals surface area (Å²) in [4.78, 5) is 12.6. The van der Waals surface area contributed by atoms with Gasteiger partial charge in [-0.05, 0) is 37.9 Å². The SMILES string of the molecule is CN(CC1CCCNC1)c1c(Cl)cccc1[N+](=O)[O-]. The van der Waals surface area contributed by atoms with Crippen LogP contribution in [0.2, 0.25) is 5.02 Å². The van der Waals surface area contributed by atoms with Crippen molar-refractivity contribution in [2.45, 2.75) is 12.8 Å². The van der Waals surface area contributed by atoms with E-state index in [1.807, 2.05) is 11.9 Å². The Balaban J connectivity index is 2.17. The molecular weight excluding hydrogens is 266 g/mol. The van der Waals surface area contributed by atoms with Gasteiger partial charge in [-0.25, -0.2) is 0 Å². The lowest BCUT2D eigenvalue weighted by Gasteiger charge is -2.29. The fourth-order valence-electron chi connectivity index (χ4n) is 2.59. The molecule has 1 aliphatic heterocycles. The zero-order chi connectivity index (χ0) is 13.8. The maximum Gasteiger partial charge on any atom is 0.294 e. The number of halogens is 1. The van der Waals surface area contributed by atoms with Gasteiger partial charge in [0.15, 0.2) is 0 Å². The molecular formula is C13H18ClN3O2. The maximum absolute atomic E-state index is 11.1. The van der Waals surface area contributed by atoms with E-state index in [0.29, 0.717) is 16.6 Å². The van der Waals surface area contributed by atoms with Crippen molar-refractivity contribution in [3.63, 3.8) is 0 Å². The van der Waals surface area contributed by atoms with E-state index in [9.17, 15) is 10.1 Å². The molecule has 1 heterocycles. The lowest BCUT2D eigenvalue weighted by Crippen LogP contribution is -2.37. The number of para-hydroxylation sites is 1. The molecule has 6 heteroatoms. The molecule has 1 aliphatic rings. The molecule has 0 saturated carbocycles. The van der Waals surface area contributed by atoms with E-state index >= 15 is 0 Å². The molecule has 0 aliphatic carbocycles. The largest absolute Gasteiger partial charge is 0.368 e. The fourth-order valence-corrected chi connectivity index (χ4v) is 2.90. The van der Waals surface area contributed by atoms with Crippen LogP contribution in [-0.2, 0) is 0 Å². The lowest BCUT2D eigenvalue weighted by atomic mass is 9.99. The number of nitro benzene ring substituents is 1. The Kier molecular flexibility index (Phi) is 4.61. The molecule has 1 aromatic carbocycles. The first-order valence-corrected chi connectivity index (χ1v) is 6.82. The first-order valence-electron chi connectivity index (χ1n) is 6.44. The highest BCUT2D eigenvalue weighted by atomic mass is 35.5. The summed E-state index contributed by atoms with van der Waals surface area (Å²) in [5.41, 5.74) is 0.582. The van der Waals surface area contributed by atoms with Gasteiger partial charge in [-0.2, -0.15) is 0 Å². The Labute approximate surface area is 117 Å². The van der Waals surface area contributed by atoms with Crippen LogP contribution in [-0.4, -0.2) is 31.6 Å². The monoisotopic (exact) mass is 283 g/mol. The first-order chi connectivity index (χ1) is 9.09. The number of hydrogen-bond donors (Lipinski definition) is 1. The summed E-state index contributed by atoms with van der Waals surface area (Å²) in [5.74, 6) is 0.509. The van der Waals surface area contributed by atoms with Crippen LogP contribution in [0.1, 0.15) is 12.8 Å². The van der Waals surface area contributed by atoms with Crippen LogP contribution in [0.4, 0.5) is 11.4 Å². The third kappa shape index (κ3) is 3.36. The molecule has 104 valence electrons.